The summed E-state index contributed by atoms with van der Waals surface area (Å²) < 4.78 is 19.0. The van der Waals surface area contributed by atoms with E-state index in [9.17, 15) is 9.59 Å². The van der Waals surface area contributed by atoms with Crippen LogP contribution in [0.25, 0.3) is 11.3 Å². The molecule has 2 aliphatic carbocycles. The van der Waals surface area contributed by atoms with Gasteiger partial charge in [-0.3, -0.25) is 14.3 Å². The molecule has 2 aromatic rings. The highest BCUT2D eigenvalue weighted by Gasteiger charge is 2.29. The number of aromatic nitrogens is 2. The highest BCUT2D eigenvalue weighted by atomic mass is 16.5. The van der Waals surface area contributed by atoms with Crippen molar-refractivity contribution in [3.05, 3.63) is 30.0 Å². The number of nitrogens with zero attached hydrogens (tertiary/aromatic N) is 3. The molecule has 9 nitrogen and oxygen atoms in total. The third-order valence-corrected chi connectivity index (χ3v) is 8.66. The van der Waals surface area contributed by atoms with Crippen LogP contribution in [0.5, 0.6) is 11.5 Å². The maximum absolute atomic E-state index is 13.7. The Labute approximate surface area is 237 Å². The predicted octanol–water partition coefficient (Wildman–Crippen LogP) is 5.14. The molecule has 40 heavy (non-hydrogen) atoms. The average molecular weight is 553 g/mol. The molecule has 9 heteroatoms. The Bertz CT molecular complexity index is 1130. The van der Waals surface area contributed by atoms with E-state index in [0.717, 1.165) is 75.8 Å². The van der Waals surface area contributed by atoms with Crippen LogP contribution < -0.4 is 14.8 Å². The van der Waals surface area contributed by atoms with Gasteiger partial charge in [-0.1, -0.05) is 25.3 Å². The fourth-order valence-corrected chi connectivity index (χ4v) is 6.15. The van der Waals surface area contributed by atoms with Gasteiger partial charge >= 0.3 is 5.97 Å². The van der Waals surface area contributed by atoms with Crippen LogP contribution >= 0.6 is 0 Å². The normalized spacial score (nSPS) is 19.1. The fourth-order valence-electron chi connectivity index (χ4n) is 6.15. The second-order valence-electron chi connectivity index (χ2n) is 11.4. The Morgan fingerprint density at radius 3 is 2.30 bits per heavy atom. The zero-order valence-electron chi connectivity index (χ0n) is 24.0. The van der Waals surface area contributed by atoms with Gasteiger partial charge in [0.15, 0.2) is 5.69 Å². The van der Waals surface area contributed by atoms with Crippen molar-refractivity contribution >= 4 is 11.9 Å². The lowest BCUT2D eigenvalue weighted by Gasteiger charge is -2.29. The van der Waals surface area contributed by atoms with Gasteiger partial charge < -0.3 is 24.4 Å². The lowest BCUT2D eigenvalue weighted by atomic mass is 9.96. The largest absolute Gasteiger partial charge is 0.496 e. The highest BCUT2D eigenvalue weighted by molar-refractivity contribution is 5.94. The van der Waals surface area contributed by atoms with Gasteiger partial charge in [-0.05, 0) is 82.7 Å². The molecule has 0 bridgehead atoms. The number of rotatable bonds is 12. The SMILES string of the molecule is COc1cccc(OC)c1-c1cc(C(=O)N[C@@H](CCN2CCCCC2)CC(=O)OC2CCC2)nn1C1CCCC1. The number of hydrogen-bond donors (Lipinski definition) is 1. The number of benzene rings is 1. The Morgan fingerprint density at radius 2 is 1.68 bits per heavy atom. The number of carbonyl (C=O) groups excluding carboxylic acids is 2. The first-order valence-electron chi connectivity index (χ1n) is 15.1. The Balaban J connectivity index is 1.37. The Kier molecular flexibility index (Phi) is 9.62. The molecule has 1 amide bonds. The van der Waals surface area contributed by atoms with Gasteiger partial charge in [0.1, 0.15) is 17.6 Å². The first-order chi connectivity index (χ1) is 19.6. The molecule has 218 valence electrons. The van der Waals surface area contributed by atoms with E-state index in [-0.39, 0.29) is 36.5 Å². The second kappa shape index (κ2) is 13.5. The molecule has 1 saturated heterocycles. The van der Waals surface area contributed by atoms with E-state index in [1.807, 2.05) is 28.9 Å². The number of methoxy groups -OCH3 is 2. The van der Waals surface area contributed by atoms with E-state index in [2.05, 4.69) is 10.2 Å². The summed E-state index contributed by atoms with van der Waals surface area (Å²) in [6.07, 6.45) is 11.9. The molecule has 3 fully saturated rings. The summed E-state index contributed by atoms with van der Waals surface area (Å²) in [5.41, 5.74) is 1.93. The summed E-state index contributed by atoms with van der Waals surface area (Å²) >= 11 is 0. The molecule has 1 atom stereocenters. The van der Waals surface area contributed by atoms with Crippen molar-refractivity contribution in [2.24, 2.45) is 0 Å². The number of hydrogen-bond acceptors (Lipinski definition) is 7. The number of piperidine rings is 1. The number of esters is 1. The minimum absolute atomic E-state index is 0.0337. The summed E-state index contributed by atoms with van der Waals surface area (Å²) in [4.78, 5) is 28.9. The van der Waals surface area contributed by atoms with Gasteiger partial charge in [-0.25, -0.2) is 0 Å². The summed E-state index contributed by atoms with van der Waals surface area (Å²) in [7, 11) is 3.27. The van der Waals surface area contributed by atoms with Gasteiger partial charge in [0, 0.05) is 12.6 Å². The molecule has 0 radical (unpaired) electrons. The van der Waals surface area contributed by atoms with E-state index < -0.39 is 0 Å². The monoisotopic (exact) mass is 552 g/mol. The van der Waals surface area contributed by atoms with Crippen LogP contribution in [0.1, 0.15) is 93.6 Å². The molecule has 2 heterocycles. The summed E-state index contributed by atoms with van der Waals surface area (Å²) in [6.45, 7) is 2.99. The number of carbonyl (C=O) groups is 2. The molecular weight excluding hydrogens is 508 g/mol. The quantitative estimate of drug-likeness (QED) is 0.364. The Morgan fingerprint density at radius 1 is 0.975 bits per heavy atom. The van der Waals surface area contributed by atoms with Crippen molar-refractivity contribution in [2.75, 3.05) is 33.9 Å². The third kappa shape index (κ3) is 6.79. The van der Waals surface area contributed by atoms with Crippen molar-refractivity contribution in [1.29, 1.82) is 0 Å². The van der Waals surface area contributed by atoms with E-state index in [4.69, 9.17) is 19.3 Å². The van der Waals surface area contributed by atoms with Crippen molar-refractivity contribution < 1.29 is 23.8 Å². The first-order valence-corrected chi connectivity index (χ1v) is 15.1. The lowest BCUT2D eigenvalue weighted by Crippen LogP contribution is -2.41. The zero-order chi connectivity index (χ0) is 27.9. The average Bonchev–Trinajstić information content (AvgIpc) is 3.64. The zero-order valence-corrected chi connectivity index (χ0v) is 24.0. The van der Waals surface area contributed by atoms with Gasteiger partial charge in [0.2, 0.25) is 0 Å². The molecule has 1 aliphatic heterocycles. The van der Waals surface area contributed by atoms with Crippen LogP contribution in [-0.2, 0) is 9.53 Å². The minimum Gasteiger partial charge on any atom is -0.496 e. The van der Waals surface area contributed by atoms with Crippen LogP contribution in [0.3, 0.4) is 0 Å². The molecular formula is C31H44N4O5. The van der Waals surface area contributed by atoms with Crippen molar-refractivity contribution in [2.45, 2.75) is 95.2 Å². The summed E-state index contributed by atoms with van der Waals surface area (Å²) in [6, 6.07) is 7.41. The van der Waals surface area contributed by atoms with Crippen LogP contribution in [0, 0.1) is 0 Å². The predicted molar refractivity (Wildman–Crippen MR) is 153 cm³/mol. The maximum Gasteiger partial charge on any atom is 0.308 e. The van der Waals surface area contributed by atoms with E-state index in [1.54, 1.807) is 14.2 Å². The second-order valence-corrected chi connectivity index (χ2v) is 11.4. The Hall–Kier alpha value is -3.07. The first kappa shape index (κ1) is 28.5. The lowest BCUT2D eigenvalue weighted by molar-refractivity contribution is -0.153. The third-order valence-electron chi connectivity index (χ3n) is 8.66. The van der Waals surface area contributed by atoms with Gasteiger partial charge in [-0.15, -0.1) is 0 Å². The maximum atomic E-state index is 13.7. The number of ether oxygens (including phenoxy) is 3. The van der Waals surface area contributed by atoms with Gasteiger partial charge in [0.05, 0.1) is 37.9 Å². The van der Waals surface area contributed by atoms with Crippen LogP contribution in [0.4, 0.5) is 0 Å². The molecule has 1 aromatic carbocycles. The van der Waals surface area contributed by atoms with Gasteiger partial charge in [-0.2, -0.15) is 5.10 Å². The van der Waals surface area contributed by atoms with Crippen LogP contribution in [0.2, 0.25) is 0 Å². The number of likely N-dealkylation sites (tertiary alicyclic amines) is 1. The topological polar surface area (TPSA) is 94.9 Å². The van der Waals surface area contributed by atoms with Crippen LogP contribution in [-0.4, -0.2) is 72.6 Å². The molecule has 1 N–H and O–H groups in total. The number of nitrogens with one attached hydrogen (secondary N) is 1. The molecule has 0 spiro atoms. The highest BCUT2D eigenvalue weighted by Crippen LogP contribution is 2.41. The van der Waals surface area contributed by atoms with E-state index >= 15 is 0 Å². The van der Waals surface area contributed by atoms with Crippen molar-refractivity contribution in [3.63, 3.8) is 0 Å². The van der Waals surface area contributed by atoms with Crippen molar-refractivity contribution in [3.8, 4) is 22.8 Å². The fraction of sp³-hybridized carbons (Fsp3) is 0.645. The molecule has 5 rings (SSSR count). The van der Waals surface area contributed by atoms with E-state index in [1.165, 1.54) is 19.3 Å². The summed E-state index contributed by atoms with van der Waals surface area (Å²) in [5, 5.41) is 7.99. The van der Waals surface area contributed by atoms with Gasteiger partial charge in [0.25, 0.3) is 5.91 Å². The summed E-state index contributed by atoms with van der Waals surface area (Å²) in [5.74, 6) is 0.837. The smallest absolute Gasteiger partial charge is 0.308 e. The van der Waals surface area contributed by atoms with E-state index in [0.29, 0.717) is 23.6 Å². The van der Waals surface area contributed by atoms with Crippen molar-refractivity contribution in [1.82, 2.24) is 20.0 Å². The molecule has 0 unspecified atom stereocenters. The molecule has 2 saturated carbocycles. The standard InChI is InChI=1S/C31H44N4O5/c1-38-27-14-9-15-28(39-2)30(27)26-21-25(33-35(26)23-10-4-5-11-23)31(37)32-22(16-19-34-17-6-3-7-18-34)20-29(36)40-24-12-8-13-24/h9,14-15,21-24H,3-8,10-13,16-20H2,1-2H3,(H,32,37)/t22-/m0/s1. The molecule has 3 aliphatic rings. The minimum atomic E-state index is -0.317. The van der Waals surface area contributed by atoms with Crippen LogP contribution in [0.15, 0.2) is 24.3 Å². The molecule has 1 aromatic heterocycles. The number of amides is 1.